The molecule has 0 unspecified atom stereocenters. The van der Waals surface area contributed by atoms with Crippen molar-refractivity contribution in [2.45, 2.75) is 6.92 Å². The molecule has 94 valence electrons. The summed E-state index contributed by atoms with van der Waals surface area (Å²) in [5, 5.41) is 2.90. The van der Waals surface area contributed by atoms with Crippen molar-refractivity contribution in [2.75, 3.05) is 25.2 Å². The van der Waals surface area contributed by atoms with Gasteiger partial charge in [-0.2, -0.15) is 0 Å². The highest BCUT2D eigenvalue weighted by atomic mass is 35.5. The number of nitrogens with two attached hydrogens (primary N) is 1. The molecule has 0 atom stereocenters. The van der Waals surface area contributed by atoms with E-state index < -0.39 is 0 Å². The standard InChI is InChI=1S/C10H15ClN4O2/c1-2-17-4-3-13-10(16)7-5-8(11)14-9(6-7)15-12/h5-6H,2-4,12H2,1H3,(H,13,16)(H,14,15). The third-order valence-electron chi connectivity index (χ3n) is 1.94. The van der Waals surface area contributed by atoms with Gasteiger partial charge in [0, 0.05) is 18.7 Å². The number of nitrogen functional groups attached to an aromatic ring is 1. The Kier molecular flexibility index (Phi) is 5.68. The van der Waals surface area contributed by atoms with Crippen molar-refractivity contribution in [3.8, 4) is 0 Å². The number of ether oxygens (including phenoxy) is 1. The van der Waals surface area contributed by atoms with Crippen molar-refractivity contribution in [3.63, 3.8) is 0 Å². The lowest BCUT2D eigenvalue weighted by molar-refractivity contribution is 0.0922. The summed E-state index contributed by atoms with van der Waals surface area (Å²) in [6, 6.07) is 2.99. The topological polar surface area (TPSA) is 89.3 Å². The minimum atomic E-state index is -0.245. The molecule has 0 saturated heterocycles. The lowest BCUT2D eigenvalue weighted by Gasteiger charge is -2.07. The van der Waals surface area contributed by atoms with Crippen LogP contribution in [0.4, 0.5) is 5.82 Å². The molecule has 7 heteroatoms. The molecule has 1 heterocycles. The minimum Gasteiger partial charge on any atom is -0.380 e. The van der Waals surface area contributed by atoms with Gasteiger partial charge < -0.3 is 15.5 Å². The quantitative estimate of drug-likeness (QED) is 0.304. The maximum Gasteiger partial charge on any atom is 0.251 e. The van der Waals surface area contributed by atoms with Crippen molar-refractivity contribution in [1.29, 1.82) is 0 Å². The van der Waals surface area contributed by atoms with Crippen LogP contribution in [0.15, 0.2) is 12.1 Å². The van der Waals surface area contributed by atoms with E-state index in [0.29, 0.717) is 31.1 Å². The average molecular weight is 259 g/mol. The molecule has 0 aliphatic heterocycles. The van der Waals surface area contributed by atoms with Crippen LogP contribution >= 0.6 is 11.6 Å². The molecule has 0 saturated carbocycles. The number of amides is 1. The summed E-state index contributed by atoms with van der Waals surface area (Å²) in [5.74, 6) is 5.30. The van der Waals surface area contributed by atoms with Crippen LogP contribution in [0.25, 0.3) is 0 Å². The Balaban J connectivity index is 2.59. The molecule has 1 amide bonds. The van der Waals surface area contributed by atoms with Crippen LogP contribution in [0, 0.1) is 0 Å². The molecule has 1 aromatic rings. The van der Waals surface area contributed by atoms with Crippen molar-refractivity contribution < 1.29 is 9.53 Å². The highest BCUT2D eigenvalue weighted by molar-refractivity contribution is 6.29. The number of carbonyl (C=O) groups excluding carboxylic acids is 1. The van der Waals surface area contributed by atoms with Crippen LogP contribution < -0.4 is 16.6 Å². The van der Waals surface area contributed by atoms with E-state index in [9.17, 15) is 4.79 Å². The number of aromatic nitrogens is 1. The number of anilines is 1. The summed E-state index contributed by atoms with van der Waals surface area (Å²) in [6.45, 7) is 3.43. The predicted octanol–water partition coefficient (Wildman–Crippen LogP) is 0.787. The van der Waals surface area contributed by atoms with Crippen LogP contribution in [0.2, 0.25) is 5.15 Å². The molecule has 0 aliphatic rings. The van der Waals surface area contributed by atoms with Crippen LogP contribution in [0.5, 0.6) is 0 Å². The highest BCUT2D eigenvalue weighted by Gasteiger charge is 2.08. The van der Waals surface area contributed by atoms with Gasteiger partial charge in [-0.05, 0) is 19.1 Å². The smallest absolute Gasteiger partial charge is 0.251 e. The number of carbonyl (C=O) groups is 1. The Labute approximate surface area is 104 Å². The van der Waals surface area contributed by atoms with Crippen molar-refractivity contribution in [2.24, 2.45) is 5.84 Å². The van der Waals surface area contributed by atoms with Gasteiger partial charge in [-0.25, -0.2) is 10.8 Å². The first-order valence-corrected chi connectivity index (χ1v) is 5.55. The Bertz CT molecular complexity index is 387. The first-order chi connectivity index (χ1) is 8.17. The summed E-state index contributed by atoms with van der Waals surface area (Å²) in [5.41, 5.74) is 2.74. The first kappa shape index (κ1) is 13.7. The van der Waals surface area contributed by atoms with E-state index in [2.05, 4.69) is 15.7 Å². The van der Waals surface area contributed by atoms with Crippen LogP contribution in [0.3, 0.4) is 0 Å². The van der Waals surface area contributed by atoms with Gasteiger partial charge in [-0.1, -0.05) is 11.6 Å². The maximum atomic E-state index is 11.7. The average Bonchev–Trinajstić information content (AvgIpc) is 2.33. The van der Waals surface area contributed by atoms with Crippen molar-refractivity contribution in [1.82, 2.24) is 10.3 Å². The number of halogens is 1. The fourth-order valence-electron chi connectivity index (χ4n) is 1.19. The summed E-state index contributed by atoms with van der Waals surface area (Å²) in [7, 11) is 0. The summed E-state index contributed by atoms with van der Waals surface area (Å²) in [6.07, 6.45) is 0. The number of pyridine rings is 1. The largest absolute Gasteiger partial charge is 0.380 e. The zero-order valence-corrected chi connectivity index (χ0v) is 10.3. The van der Waals surface area contributed by atoms with Crippen molar-refractivity contribution >= 4 is 23.3 Å². The summed E-state index contributed by atoms with van der Waals surface area (Å²) < 4.78 is 5.10. The third kappa shape index (κ3) is 4.56. The first-order valence-electron chi connectivity index (χ1n) is 5.17. The Hall–Kier alpha value is -1.37. The Morgan fingerprint density at radius 1 is 1.59 bits per heavy atom. The van der Waals surface area contributed by atoms with Crippen LogP contribution in [-0.2, 0) is 4.74 Å². The second kappa shape index (κ2) is 7.05. The summed E-state index contributed by atoms with van der Waals surface area (Å²) >= 11 is 5.75. The molecule has 0 aliphatic carbocycles. The van der Waals surface area contributed by atoms with Crippen LogP contribution in [-0.4, -0.2) is 30.6 Å². The van der Waals surface area contributed by atoms with Gasteiger partial charge in [0.1, 0.15) is 11.0 Å². The second-order valence-corrected chi connectivity index (χ2v) is 3.55. The molecule has 0 spiro atoms. The maximum absolute atomic E-state index is 11.7. The number of hydrazine groups is 1. The van der Waals surface area contributed by atoms with Gasteiger partial charge in [-0.3, -0.25) is 4.79 Å². The van der Waals surface area contributed by atoms with Crippen LogP contribution in [0.1, 0.15) is 17.3 Å². The molecule has 1 aromatic heterocycles. The number of hydrogen-bond donors (Lipinski definition) is 3. The van der Waals surface area contributed by atoms with Gasteiger partial charge in [0.2, 0.25) is 0 Å². The van der Waals surface area contributed by atoms with E-state index >= 15 is 0 Å². The molecular formula is C10H15ClN4O2. The van der Waals surface area contributed by atoms with Gasteiger partial charge in [0.05, 0.1) is 6.61 Å². The Morgan fingerprint density at radius 2 is 2.35 bits per heavy atom. The number of rotatable bonds is 6. The molecule has 6 nitrogen and oxygen atoms in total. The second-order valence-electron chi connectivity index (χ2n) is 3.16. The molecule has 0 radical (unpaired) electrons. The molecule has 0 aromatic carbocycles. The monoisotopic (exact) mass is 258 g/mol. The predicted molar refractivity (Wildman–Crippen MR) is 65.9 cm³/mol. The zero-order valence-electron chi connectivity index (χ0n) is 9.50. The van der Waals surface area contributed by atoms with E-state index in [1.807, 2.05) is 6.92 Å². The number of nitrogens with one attached hydrogen (secondary N) is 2. The van der Waals surface area contributed by atoms with Gasteiger partial charge in [-0.15, -0.1) is 0 Å². The molecule has 0 fully saturated rings. The van der Waals surface area contributed by atoms with E-state index in [0.717, 1.165) is 0 Å². The SMILES string of the molecule is CCOCCNC(=O)c1cc(Cl)nc(NN)c1. The lowest BCUT2D eigenvalue weighted by Crippen LogP contribution is -2.27. The third-order valence-corrected chi connectivity index (χ3v) is 2.13. The molecule has 0 bridgehead atoms. The molecule has 17 heavy (non-hydrogen) atoms. The van der Waals surface area contributed by atoms with E-state index in [-0.39, 0.29) is 11.1 Å². The summed E-state index contributed by atoms with van der Waals surface area (Å²) in [4.78, 5) is 15.6. The lowest BCUT2D eigenvalue weighted by atomic mass is 10.2. The fraction of sp³-hybridized carbons (Fsp3) is 0.400. The van der Waals surface area contributed by atoms with Crippen molar-refractivity contribution in [3.05, 3.63) is 22.8 Å². The van der Waals surface area contributed by atoms with E-state index in [1.54, 1.807) is 0 Å². The van der Waals surface area contributed by atoms with Gasteiger partial charge >= 0.3 is 0 Å². The zero-order chi connectivity index (χ0) is 12.7. The Morgan fingerprint density at radius 3 is 3.00 bits per heavy atom. The fourth-order valence-corrected chi connectivity index (χ4v) is 1.39. The molecular weight excluding hydrogens is 244 g/mol. The number of hydrogen-bond acceptors (Lipinski definition) is 5. The minimum absolute atomic E-state index is 0.204. The highest BCUT2D eigenvalue weighted by Crippen LogP contribution is 2.13. The van der Waals surface area contributed by atoms with Gasteiger partial charge in [0.15, 0.2) is 0 Å². The van der Waals surface area contributed by atoms with Gasteiger partial charge in [0.25, 0.3) is 5.91 Å². The van der Waals surface area contributed by atoms with E-state index in [1.165, 1.54) is 12.1 Å². The number of nitrogens with zero attached hydrogens (tertiary/aromatic N) is 1. The molecule has 4 N–H and O–H groups in total. The van der Waals surface area contributed by atoms with E-state index in [4.69, 9.17) is 22.2 Å². The molecule has 1 rings (SSSR count). The normalized spacial score (nSPS) is 10.1.